The topological polar surface area (TPSA) is 34.1 Å². The van der Waals surface area contributed by atoms with Crippen LogP contribution in [0.25, 0.3) is 0 Å². The molecule has 0 radical (unpaired) electrons. The number of hydrogen-bond donors (Lipinski definition) is 0. The van der Waals surface area contributed by atoms with Crippen molar-refractivity contribution in [3.63, 3.8) is 0 Å². The molecule has 0 aromatic heterocycles. The predicted octanol–water partition coefficient (Wildman–Crippen LogP) is 3.91. The minimum atomic E-state index is -0.167. The lowest BCUT2D eigenvalue weighted by atomic mass is 10.1. The molecule has 2 nitrogen and oxygen atoms in total. The standard InChI is InChI=1S/C16H11IO2/c17-14-8-6-13(7-9-14)16(19)11-10-15(18)12-4-2-1-3-5-12/h1-11H. The molecule has 0 saturated heterocycles. The van der Waals surface area contributed by atoms with Crippen LogP contribution in [0.5, 0.6) is 0 Å². The van der Waals surface area contributed by atoms with Gasteiger partial charge in [0.2, 0.25) is 0 Å². The molecule has 0 N–H and O–H groups in total. The van der Waals surface area contributed by atoms with E-state index in [1.165, 1.54) is 12.2 Å². The van der Waals surface area contributed by atoms with Gasteiger partial charge in [-0.1, -0.05) is 42.5 Å². The van der Waals surface area contributed by atoms with Gasteiger partial charge in [0, 0.05) is 14.7 Å². The molecule has 0 aliphatic heterocycles. The number of ketones is 2. The van der Waals surface area contributed by atoms with Gasteiger partial charge in [0.15, 0.2) is 11.6 Å². The molecule has 0 atom stereocenters. The Morgan fingerprint density at radius 2 is 1.21 bits per heavy atom. The summed E-state index contributed by atoms with van der Waals surface area (Å²) in [6, 6.07) is 16.1. The van der Waals surface area contributed by atoms with E-state index >= 15 is 0 Å². The molecule has 19 heavy (non-hydrogen) atoms. The van der Waals surface area contributed by atoms with Crippen LogP contribution in [0, 0.1) is 3.57 Å². The zero-order chi connectivity index (χ0) is 13.7. The Morgan fingerprint density at radius 1 is 0.737 bits per heavy atom. The highest BCUT2D eigenvalue weighted by Crippen LogP contribution is 2.08. The first-order valence-electron chi connectivity index (χ1n) is 5.74. The summed E-state index contributed by atoms with van der Waals surface area (Å²) in [5.41, 5.74) is 1.16. The Bertz CT molecular complexity index is 613. The van der Waals surface area contributed by atoms with Crippen molar-refractivity contribution in [3.05, 3.63) is 81.4 Å². The third-order valence-corrected chi connectivity index (χ3v) is 3.29. The molecule has 3 heteroatoms. The van der Waals surface area contributed by atoms with Crippen LogP contribution in [0.2, 0.25) is 0 Å². The highest BCUT2D eigenvalue weighted by molar-refractivity contribution is 14.1. The van der Waals surface area contributed by atoms with Crippen LogP contribution < -0.4 is 0 Å². The second-order valence-electron chi connectivity index (χ2n) is 3.93. The van der Waals surface area contributed by atoms with Gasteiger partial charge in [0.1, 0.15) is 0 Å². The summed E-state index contributed by atoms with van der Waals surface area (Å²) < 4.78 is 1.07. The monoisotopic (exact) mass is 362 g/mol. The van der Waals surface area contributed by atoms with Crippen molar-refractivity contribution in [1.29, 1.82) is 0 Å². The van der Waals surface area contributed by atoms with E-state index in [-0.39, 0.29) is 11.6 Å². The maximum Gasteiger partial charge on any atom is 0.185 e. The molecule has 0 aliphatic carbocycles. The Kier molecular flexibility index (Phi) is 4.63. The number of carbonyl (C=O) groups is 2. The molecule has 0 spiro atoms. The van der Waals surface area contributed by atoms with Gasteiger partial charge in [-0.2, -0.15) is 0 Å². The highest BCUT2D eigenvalue weighted by Gasteiger charge is 2.04. The van der Waals surface area contributed by atoms with Crippen LogP contribution in [0.4, 0.5) is 0 Å². The lowest BCUT2D eigenvalue weighted by Gasteiger charge is -1.96. The summed E-state index contributed by atoms with van der Waals surface area (Å²) in [6.45, 7) is 0. The van der Waals surface area contributed by atoms with Gasteiger partial charge in [-0.25, -0.2) is 0 Å². The SMILES string of the molecule is O=C(C=CC(=O)c1ccc(I)cc1)c1ccccc1. The van der Waals surface area contributed by atoms with Crippen molar-refractivity contribution in [2.45, 2.75) is 0 Å². The third kappa shape index (κ3) is 3.86. The molecule has 0 unspecified atom stereocenters. The molecular formula is C16H11IO2. The van der Waals surface area contributed by atoms with Crippen molar-refractivity contribution in [3.8, 4) is 0 Å². The number of allylic oxidation sites excluding steroid dienone is 2. The summed E-state index contributed by atoms with van der Waals surface area (Å²) in [6.07, 6.45) is 2.63. The van der Waals surface area contributed by atoms with E-state index in [1.807, 2.05) is 18.2 Å². The maximum absolute atomic E-state index is 11.9. The van der Waals surface area contributed by atoms with Gasteiger partial charge >= 0.3 is 0 Å². The fraction of sp³-hybridized carbons (Fsp3) is 0. The van der Waals surface area contributed by atoms with E-state index in [9.17, 15) is 9.59 Å². The Labute approximate surface area is 125 Å². The molecule has 2 aromatic rings. The molecule has 0 bridgehead atoms. The van der Waals surface area contributed by atoms with Crippen LogP contribution in [-0.2, 0) is 0 Å². The third-order valence-electron chi connectivity index (χ3n) is 2.57. The van der Waals surface area contributed by atoms with Crippen LogP contribution in [-0.4, -0.2) is 11.6 Å². The number of rotatable bonds is 4. The van der Waals surface area contributed by atoms with Crippen molar-refractivity contribution in [2.75, 3.05) is 0 Å². The van der Waals surface area contributed by atoms with Crippen LogP contribution in [0.1, 0.15) is 20.7 Å². The first-order valence-corrected chi connectivity index (χ1v) is 6.82. The summed E-state index contributed by atoms with van der Waals surface area (Å²) in [5.74, 6) is -0.333. The number of halogens is 1. The Balaban J connectivity index is 2.09. The number of carbonyl (C=O) groups excluding carboxylic acids is 2. The zero-order valence-electron chi connectivity index (χ0n) is 10.0. The molecule has 2 aromatic carbocycles. The smallest absolute Gasteiger partial charge is 0.185 e. The number of benzene rings is 2. The average molecular weight is 362 g/mol. The average Bonchev–Trinajstić information content (AvgIpc) is 2.46. The van der Waals surface area contributed by atoms with Gasteiger partial charge in [-0.05, 0) is 46.9 Å². The minimum Gasteiger partial charge on any atom is -0.289 e. The molecule has 94 valence electrons. The summed E-state index contributed by atoms with van der Waals surface area (Å²) in [7, 11) is 0. The summed E-state index contributed by atoms with van der Waals surface area (Å²) >= 11 is 2.18. The summed E-state index contributed by atoms with van der Waals surface area (Å²) in [5, 5.41) is 0. The normalized spacial score (nSPS) is 10.6. The first kappa shape index (κ1) is 13.7. The van der Waals surface area contributed by atoms with E-state index in [0.717, 1.165) is 3.57 Å². The van der Waals surface area contributed by atoms with Crippen molar-refractivity contribution in [1.82, 2.24) is 0 Å². The highest BCUT2D eigenvalue weighted by atomic mass is 127. The second kappa shape index (κ2) is 6.43. The number of hydrogen-bond acceptors (Lipinski definition) is 2. The lowest BCUT2D eigenvalue weighted by Crippen LogP contribution is -1.98. The van der Waals surface area contributed by atoms with Gasteiger partial charge < -0.3 is 0 Å². The van der Waals surface area contributed by atoms with E-state index in [2.05, 4.69) is 22.6 Å². The van der Waals surface area contributed by atoms with E-state index in [1.54, 1.807) is 36.4 Å². The van der Waals surface area contributed by atoms with E-state index < -0.39 is 0 Å². The first-order chi connectivity index (χ1) is 9.16. The van der Waals surface area contributed by atoms with Gasteiger partial charge in [-0.3, -0.25) is 9.59 Å². The fourth-order valence-electron chi connectivity index (χ4n) is 1.56. The molecule has 0 saturated carbocycles. The lowest BCUT2D eigenvalue weighted by molar-refractivity contribution is 0.102. The van der Waals surface area contributed by atoms with Gasteiger partial charge in [0.25, 0.3) is 0 Å². The Hall–Kier alpha value is -1.75. The van der Waals surface area contributed by atoms with E-state index in [4.69, 9.17) is 0 Å². The van der Waals surface area contributed by atoms with Crippen molar-refractivity contribution in [2.24, 2.45) is 0 Å². The quantitative estimate of drug-likeness (QED) is 0.470. The van der Waals surface area contributed by atoms with Crippen molar-refractivity contribution >= 4 is 34.2 Å². The second-order valence-corrected chi connectivity index (χ2v) is 5.18. The molecule has 0 amide bonds. The molecule has 2 rings (SSSR count). The predicted molar refractivity (Wildman–Crippen MR) is 83.4 cm³/mol. The molecular weight excluding hydrogens is 351 g/mol. The van der Waals surface area contributed by atoms with Gasteiger partial charge in [0.05, 0.1) is 0 Å². The van der Waals surface area contributed by atoms with Crippen molar-refractivity contribution < 1.29 is 9.59 Å². The zero-order valence-corrected chi connectivity index (χ0v) is 12.2. The molecule has 0 heterocycles. The van der Waals surface area contributed by atoms with Crippen LogP contribution in [0.15, 0.2) is 66.7 Å². The summed E-state index contributed by atoms with van der Waals surface area (Å²) in [4.78, 5) is 23.6. The van der Waals surface area contributed by atoms with Gasteiger partial charge in [-0.15, -0.1) is 0 Å². The Morgan fingerprint density at radius 3 is 1.74 bits per heavy atom. The fourth-order valence-corrected chi connectivity index (χ4v) is 1.92. The molecule has 0 aliphatic rings. The van der Waals surface area contributed by atoms with E-state index in [0.29, 0.717) is 11.1 Å². The maximum atomic E-state index is 11.9. The molecule has 0 fully saturated rings. The minimum absolute atomic E-state index is 0.166. The largest absolute Gasteiger partial charge is 0.289 e. The van der Waals surface area contributed by atoms with Crippen LogP contribution in [0.3, 0.4) is 0 Å². The van der Waals surface area contributed by atoms with Crippen LogP contribution >= 0.6 is 22.6 Å².